The number of hydrogen-bond donors (Lipinski definition) is 2. The Kier molecular flexibility index (Phi) is 3.57. The van der Waals surface area contributed by atoms with E-state index in [9.17, 15) is 0 Å². The van der Waals surface area contributed by atoms with Crippen LogP contribution in [0, 0.1) is 0 Å². The molecule has 0 unspecified atom stereocenters. The fraction of sp³-hybridized carbons (Fsp3) is 0.143. The van der Waals surface area contributed by atoms with Crippen LogP contribution in [0.5, 0.6) is 0 Å². The summed E-state index contributed by atoms with van der Waals surface area (Å²) < 4.78 is 0. The third-order valence-electron chi connectivity index (χ3n) is 2.42. The fourth-order valence-electron chi connectivity index (χ4n) is 1.57. The summed E-state index contributed by atoms with van der Waals surface area (Å²) in [5.41, 5.74) is 3.30. The number of hydrogen-bond acceptors (Lipinski definition) is 2. The third kappa shape index (κ3) is 2.84. The van der Waals surface area contributed by atoms with Gasteiger partial charge in [-0.1, -0.05) is 30.3 Å². The fourth-order valence-corrected chi connectivity index (χ4v) is 1.57. The molecule has 0 atom stereocenters. The predicted molar refractivity (Wildman–Crippen MR) is 67.0 cm³/mol. The van der Waals surface area contributed by atoms with Crippen LogP contribution in [-0.2, 0) is 6.42 Å². The highest BCUT2D eigenvalue weighted by molar-refractivity contribution is 5.59. The van der Waals surface area contributed by atoms with E-state index in [-0.39, 0.29) is 6.61 Å². The lowest BCUT2D eigenvalue weighted by atomic mass is 10.1. The Morgan fingerprint density at radius 2 is 1.44 bits per heavy atom. The minimum absolute atomic E-state index is 0.200. The summed E-state index contributed by atoms with van der Waals surface area (Å²) in [5, 5.41) is 12.1. The number of anilines is 2. The second-order valence-electron chi connectivity index (χ2n) is 3.66. The smallest absolute Gasteiger partial charge is 0.0471 e. The van der Waals surface area contributed by atoms with Gasteiger partial charge in [-0.05, 0) is 36.2 Å². The van der Waals surface area contributed by atoms with E-state index in [1.165, 1.54) is 0 Å². The molecule has 0 saturated carbocycles. The Hall–Kier alpha value is -1.80. The molecule has 2 rings (SSSR count). The molecule has 0 spiro atoms. The molecule has 2 nitrogen and oxygen atoms in total. The quantitative estimate of drug-likeness (QED) is 0.818. The summed E-state index contributed by atoms with van der Waals surface area (Å²) in [6.07, 6.45) is 0.714. The minimum Gasteiger partial charge on any atom is -0.396 e. The van der Waals surface area contributed by atoms with Gasteiger partial charge in [0.25, 0.3) is 0 Å². The van der Waals surface area contributed by atoms with Crippen LogP contribution in [-0.4, -0.2) is 11.7 Å². The van der Waals surface area contributed by atoms with E-state index in [1.54, 1.807) is 0 Å². The van der Waals surface area contributed by atoms with E-state index in [0.29, 0.717) is 6.42 Å². The van der Waals surface area contributed by atoms with E-state index in [2.05, 4.69) is 5.32 Å². The van der Waals surface area contributed by atoms with Crippen LogP contribution in [0.2, 0.25) is 0 Å². The number of rotatable bonds is 4. The van der Waals surface area contributed by atoms with Gasteiger partial charge < -0.3 is 10.4 Å². The minimum atomic E-state index is 0.200. The summed E-state index contributed by atoms with van der Waals surface area (Å²) in [6, 6.07) is 18.2. The molecule has 16 heavy (non-hydrogen) atoms. The van der Waals surface area contributed by atoms with Crippen molar-refractivity contribution in [2.75, 3.05) is 11.9 Å². The van der Waals surface area contributed by atoms with Crippen LogP contribution in [0.4, 0.5) is 11.4 Å². The van der Waals surface area contributed by atoms with E-state index in [0.717, 1.165) is 16.9 Å². The molecule has 0 aliphatic carbocycles. The maximum absolute atomic E-state index is 8.81. The monoisotopic (exact) mass is 213 g/mol. The first kappa shape index (κ1) is 10.7. The summed E-state index contributed by atoms with van der Waals surface area (Å²) in [4.78, 5) is 0. The molecule has 0 radical (unpaired) electrons. The van der Waals surface area contributed by atoms with Crippen molar-refractivity contribution in [2.45, 2.75) is 6.42 Å². The lowest BCUT2D eigenvalue weighted by Crippen LogP contribution is -1.92. The van der Waals surface area contributed by atoms with Crippen LogP contribution < -0.4 is 5.32 Å². The molecule has 2 aromatic rings. The van der Waals surface area contributed by atoms with Crippen molar-refractivity contribution in [3.05, 3.63) is 60.2 Å². The molecule has 82 valence electrons. The molecule has 0 aliphatic rings. The Bertz CT molecular complexity index is 422. The molecule has 2 aromatic carbocycles. The largest absolute Gasteiger partial charge is 0.396 e. The van der Waals surface area contributed by atoms with Gasteiger partial charge in [-0.25, -0.2) is 0 Å². The summed E-state index contributed by atoms with van der Waals surface area (Å²) >= 11 is 0. The second-order valence-corrected chi connectivity index (χ2v) is 3.66. The molecule has 0 bridgehead atoms. The summed E-state index contributed by atoms with van der Waals surface area (Å²) in [5.74, 6) is 0. The summed E-state index contributed by atoms with van der Waals surface area (Å²) in [7, 11) is 0. The highest BCUT2D eigenvalue weighted by atomic mass is 16.2. The van der Waals surface area contributed by atoms with Gasteiger partial charge in [0.2, 0.25) is 0 Å². The number of aliphatic hydroxyl groups excluding tert-OH is 1. The van der Waals surface area contributed by atoms with Gasteiger partial charge >= 0.3 is 0 Å². The average molecular weight is 213 g/mol. The first-order chi connectivity index (χ1) is 7.88. The molecular formula is C14H15NO. The van der Waals surface area contributed by atoms with Crippen LogP contribution in [0.25, 0.3) is 0 Å². The van der Waals surface area contributed by atoms with Crippen molar-refractivity contribution in [1.29, 1.82) is 0 Å². The van der Waals surface area contributed by atoms with E-state index >= 15 is 0 Å². The molecular weight excluding hydrogens is 198 g/mol. The highest BCUT2D eigenvalue weighted by Gasteiger charge is 1.94. The van der Waals surface area contributed by atoms with Gasteiger partial charge in [0.15, 0.2) is 0 Å². The van der Waals surface area contributed by atoms with E-state index in [4.69, 9.17) is 5.11 Å². The van der Waals surface area contributed by atoms with Gasteiger partial charge in [0, 0.05) is 18.0 Å². The van der Waals surface area contributed by atoms with Crippen molar-refractivity contribution >= 4 is 11.4 Å². The van der Waals surface area contributed by atoms with Gasteiger partial charge in [0.05, 0.1) is 0 Å². The molecule has 0 fully saturated rings. The van der Waals surface area contributed by atoms with Crippen LogP contribution in [0.15, 0.2) is 54.6 Å². The molecule has 0 amide bonds. The lowest BCUT2D eigenvalue weighted by Gasteiger charge is -2.06. The standard InChI is InChI=1S/C14H15NO/c16-11-10-12-6-8-14(9-7-12)15-13-4-2-1-3-5-13/h1-9,15-16H,10-11H2. The van der Waals surface area contributed by atoms with Crippen molar-refractivity contribution in [1.82, 2.24) is 0 Å². The SMILES string of the molecule is OCCc1ccc(Nc2ccccc2)cc1. The predicted octanol–water partition coefficient (Wildman–Crippen LogP) is 2.97. The Morgan fingerprint density at radius 1 is 0.812 bits per heavy atom. The summed E-state index contributed by atoms with van der Waals surface area (Å²) in [6.45, 7) is 0.200. The first-order valence-electron chi connectivity index (χ1n) is 5.40. The number of nitrogens with one attached hydrogen (secondary N) is 1. The number of benzene rings is 2. The molecule has 0 heterocycles. The topological polar surface area (TPSA) is 32.3 Å². The first-order valence-corrected chi connectivity index (χ1v) is 5.40. The van der Waals surface area contributed by atoms with Gasteiger partial charge in [-0.2, -0.15) is 0 Å². The van der Waals surface area contributed by atoms with Crippen molar-refractivity contribution in [3.63, 3.8) is 0 Å². The molecule has 0 saturated heterocycles. The van der Waals surface area contributed by atoms with E-state index < -0.39 is 0 Å². The normalized spacial score (nSPS) is 10.1. The Balaban J connectivity index is 2.05. The maximum Gasteiger partial charge on any atom is 0.0471 e. The molecule has 0 aliphatic heterocycles. The number of aliphatic hydroxyl groups is 1. The average Bonchev–Trinajstić information content (AvgIpc) is 2.33. The zero-order valence-electron chi connectivity index (χ0n) is 9.06. The van der Waals surface area contributed by atoms with Crippen LogP contribution in [0.3, 0.4) is 0 Å². The van der Waals surface area contributed by atoms with Gasteiger partial charge in [-0.15, -0.1) is 0 Å². The number of para-hydroxylation sites is 1. The molecule has 0 aromatic heterocycles. The zero-order valence-corrected chi connectivity index (χ0v) is 9.06. The van der Waals surface area contributed by atoms with Crippen molar-refractivity contribution < 1.29 is 5.11 Å². The van der Waals surface area contributed by atoms with Crippen molar-refractivity contribution in [3.8, 4) is 0 Å². The highest BCUT2D eigenvalue weighted by Crippen LogP contribution is 2.16. The maximum atomic E-state index is 8.81. The van der Waals surface area contributed by atoms with Crippen LogP contribution >= 0.6 is 0 Å². The van der Waals surface area contributed by atoms with Crippen molar-refractivity contribution in [2.24, 2.45) is 0 Å². The zero-order chi connectivity index (χ0) is 11.2. The Morgan fingerprint density at radius 3 is 2.06 bits per heavy atom. The lowest BCUT2D eigenvalue weighted by molar-refractivity contribution is 0.299. The Labute approximate surface area is 95.6 Å². The second kappa shape index (κ2) is 5.33. The van der Waals surface area contributed by atoms with Gasteiger partial charge in [0.1, 0.15) is 0 Å². The molecule has 2 heteroatoms. The third-order valence-corrected chi connectivity index (χ3v) is 2.42. The molecule has 2 N–H and O–H groups in total. The van der Waals surface area contributed by atoms with Gasteiger partial charge in [-0.3, -0.25) is 0 Å². The van der Waals surface area contributed by atoms with Crippen LogP contribution in [0.1, 0.15) is 5.56 Å². The van der Waals surface area contributed by atoms with E-state index in [1.807, 2.05) is 54.6 Å².